The number of carbonyl (C=O) groups excluding carboxylic acids is 2. The Morgan fingerprint density at radius 3 is 2.75 bits per heavy atom. The Kier molecular flexibility index (Phi) is 3.58. The SMILES string of the molecule is CC(=O)N1CCc2cc(NC(=O)c3cc4ccccc4s3)ccc21. The van der Waals surface area contributed by atoms with E-state index < -0.39 is 0 Å². The molecule has 0 unspecified atom stereocenters. The van der Waals surface area contributed by atoms with E-state index in [0.717, 1.165) is 33.4 Å². The third kappa shape index (κ3) is 2.57. The van der Waals surface area contributed by atoms with Crippen molar-refractivity contribution in [2.45, 2.75) is 13.3 Å². The van der Waals surface area contributed by atoms with Crippen molar-refractivity contribution in [3.05, 3.63) is 59.0 Å². The van der Waals surface area contributed by atoms with E-state index in [1.807, 2.05) is 48.5 Å². The first kappa shape index (κ1) is 14.9. The van der Waals surface area contributed by atoms with E-state index in [4.69, 9.17) is 0 Å². The lowest BCUT2D eigenvalue weighted by molar-refractivity contribution is -0.116. The topological polar surface area (TPSA) is 49.4 Å². The fourth-order valence-electron chi connectivity index (χ4n) is 3.09. The molecule has 0 radical (unpaired) electrons. The van der Waals surface area contributed by atoms with Crippen LogP contribution >= 0.6 is 11.3 Å². The monoisotopic (exact) mass is 336 g/mol. The van der Waals surface area contributed by atoms with E-state index in [1.165, 1.54) is 11.3 Å². The number of fused-ring (bicyclic) bond motifs is 2. The van der Waals surface area contributed by atoms with Gasteiger partial charge in [-0.05, 0) is 47.7 Å². The van der Waals surface area contributed by atoms with Crippen molar-refractivity contribution in [3.8, 4) is 0 Å². The van der Waals surface area contributed by atoms with Crippen LogP contribution in [0.4, 0.5) is 11.4 Å². The lowest BCUT2D eigenvalue weighted by Gasteiger charge is -2.15. The second-order valence-electron chi connectivity index (χ2n) is 5.87. The molecule has 3 aromatic rings. The predicted octanol–water partition coefficient (Wildman–Crippen LogP) is 4.06. The lowest BCUT2D eigenvalue weighted by atomic mass is 10.1. The molecule has 4 nitrogen and oxygen atoms in total. The maximum Gasteiger partial charge on any atom is 0.265 e. The zero-order chi connectivity index (χ0) is 16.7. The summed E-state index contributed by atoms with van der Waals surface area (Å²) in [6.45, 7) is 2.28. The van der Waals surface area contributed by atoms with Crippen molar-refractivity contribution in [1.82, 2.24) is 0 Å². The molecule has 1 N–H and O–H groups in total. The summed E-state index contributed by atoms with van der Waals surface area (Å²) in [6.07, 6.45) is 0.821. The number of benzene rings is 2. The van der Waals surface area contributed by atoms with Gasteiger partial charge < -0.3 is 10.2 Å². The highest BCUT2D eigenvalue weighted by molar-refractivity contribution is 7.20. The second-order valence-corrected chi connectivity index (χ2v) is 6.95. The fourth-order valence-corrected chi connectivity index (χ4v) is 4.05. The number of anilines is 2. The fraction of sp³-hybridized carbons (Fsp3) is 0.158. The highest BCUT2D eigenvalue weighted by atomic mass is 32.1. The summed E-state index contributed by atoms with van der Waals surface area (Å²) in [6, 6.07) is 15.6. The van der Waals surface area contributed by atoms with E-state index in [0.29, 0.717) is 11.4 Å². The maximum absolute atomic E-state index is 12.5. The first-order chi connectivity index (χ1) is 11.6. The quantitative estimate of drug-likeness (QED) is 0.767. The Morgan fingerprint density at radius 1 is 1.12 bits per heavy atom. The van der Waals surface area contributed by atoms with Gasteiger partial charge in [-0.3, -0.25) is 9.59 Å². The summed E-state index contributed by atoms with van der Waals surface area (Å²) in [5.74, 6) is -0.0478. The molecule has 0 fully saturated rings. The largest absolute Gasteiger partial charge is 0.321 e. The third-order valence-electron chi connectivity index (χ3n) is 4.26. The van der Waals surface area contributed by atoms with Gasteiger partial charge in [-0.1, -0.05) is 18.2 Å². The van der Waals surface area contributed by atoms with Gasteiger partial charge >= 0.3 is 0 Å². The van der Waals surface area contributed by atoms with Crippen LogP contribution in [-0.4, -0.2) is 18.4 Å². The number of hydrogen-bond acceptors (Lipinski definition) is 3. The Labute approximate surface area is 143 Å². The van der Waals surface area contributed by atoms with Crippen LogP contribution in [0, 0.1) is 0 Å². The molecule has 2 amide bonds. The van der Waals surface area contributed by atoms with Crippen LogP contribution in [0.25, 0.3) is 10.1 Å². The van der Waals surface area contributed by atoms with E-state index in [1.54, 1.807) is 11.8 Å². The lowest BCUT2D eigenvalue weighted by Crippen LogP contribution is -2.25. The van der Waals surface area contributed by atoms with Gasteiger partial charge in [-0.25, -0.2) is 0 Å². The van der Waals surface area contributed by atoms with Gasteiger partial charge in [0.1, 0.15) is 0 Å². The van der Waals surface area contributed by atoms with Gasteiger partial charge in [-0.2, -0.15) is 0 Å². The predicted molar refractivity (Wildman–Crippen MR) is 98.0 cm³/mol. The third-order valence-corrected chi connectivity index (χ3v) is 5.38. The van der Waals surface area contributed by atoms with Crippen LogP contribution < -0.4 is 10.2 Å². The van der Waals surface area contributed by atoms with E-state index in [-0.39, 0.29) is 11.8 Å². The molecule has 0 saturated carbocycles. The maximum atomic E-state index is 12.5. The summed E-state index contributed by atoms with van der Waals surface area (Å²) in [5.41, 5.74) is 2.81. The molecule has 1 aliphatic heterocycles. The number of amides is 2. The van der Waals surface area contributed by atoms with Crippen molar-refractivity contribution in [2.75, 3.05) is 16.8 Å². The Balaban J connectivity index is 1.57. The molecule has 2 aromatic carbocycles. The Hall–Kier alpha value is -2.66. The molecule has 0 spiro atoms. The van der Waals surface area contributed by atoms with Crippen LogP contribution in [-0.2, 0) is 11.2 Å². The molecule has 4 rings (SSSR count). The summed E-state index contributed by atoms with van der Waals surface area (Å²) < 4.78 is 1.11. The van der Waals surface area contributed by atoms with Gasteiger partial charge in [0.2, 0.25) is 5.91 Å². The average Bonchev–Trinajstić information content (AvgIpc) is 3.18. The summed E-state index contributed by atoms with van der Waals surface area (Å²) in [7, 11) is 0. The molecule has 0 atom stereocenters. The Bertz CT molecular complexity index is 928. The number of carbonyl (C=O) groups is 2. The van der Waals surface area contributed by atoms with Crippen LogP contribution in [0.15, 0.2) is 48.5 Å². The summed E-state index contributed by atoms with van der Waals surface area (Å²) in [5, 5.41) is 4.04. The Morgan fingerprint density at radius 2 is 1.96 bits per heavy atom. The summed E-state index contributed by atoms with van der Waals surface area (Å²) >= 11 is 1.49. The number of thiophene rings is 1. The van der Waals surface area contributed by atoms with Crippen molar-refractivity contribution < 1.29 is 9.59 Å². The van der Waals surface area contributed by atoms with Crippen molar-refractivity contribution in [2.24, 2.45) is 0 Å². The van der Waals surface area contributed by atoms with Gasteiger partial charge in [0.15, 0.2) is 0 Å². The van der Waals surface area contributed by atoms with E-state index in [9.17, 15) is 9.59 Å². The molecule has 24 heavy (non-hydrogen) atoms. The second kappa shape index (κ2) is 5.76. The van der Waals surface area contributed by atoms with Gasteiger partial charge in [0.05, 0.1) is 4.88 Å². The van der Waals surface area contributed by atoms with Gasteiger partial charge in [-0.15, -0.1) is 11.3 Å². The standard InChI is InChI=1S/C19H16N2O2S/c1-12(22)21-9-8-13-10-15(6-7-16(13)21)20-19(23)18-11-14-4-2-3-5-17(14)24-18/h2-7,10-11H,8-9H2,1H3,(H,20,23). The van der Waals surface area contributed by atoms with Crippen LogP contribution in [0.2, 0.25) is 0 Å². The van der Waals surface area contributed by atoms with Gasteiger partial charge in [0, 0.05) is 29.5 Å². The molecule has 0 aliphatic carbocycles. The molecule has 5 heteroatoms. The van der Waals surface area contributed by atoms with Crippen molar-refractivity contribution in [3.63, 3.8) is 0 Å². The molecule has 1 aromatic heterocycles. The molecular formula is C19H16N2O2S. The number of nitrogens with one attached hydrogen (secondary N) is 1. The van der Waals surface area contributed by atoms with Gasteiger partial charge in [0.25, 0.3) is 5.91 Å². The average molecular weight is 336 g/mol. The molecule has 2 heterocycles. The molecule has 0 saturated heterocycles. The van der Waals surface area contributed by atoms with E-state index >= 15 is 0 Å². The minimum absolute atomic E-state index is 0.0517. The first-order valence-corrected chi connectivity index (χ1v) is 8.64. The number of rotatable bonds is 2. The summed E-state index contributed by atoms with van der Waals surface area (Å²) in [4.78, 5) is 26.6. The van der Waals surface area contributed by atoms with Crippen molar-refractivity contribution >= 4 is 44.6 Å². The molecule has 120 valence electrons. The smallest absolute Gasteiger partial charge is 0.265 e. The molecule has 0 bridgehead atoms. The minimum Gasteiger partial charge on any atom is -0.321 e. The zero-order valence-corrected chi connectivity index (χ0v) is 14.0. The highest BCUT2D eigenvalue weighted by Gasteiger charge is 2.22. The molecule has 1 aliphatic rings. The molecular weight excluding hydrogens is 320 g/mol. The first-order valence-electron chi connectivity index (χ1n) is 7.83. The van der Waals surface area contributed by atoms with Crippen molar-refractivity contribution in [1.29, 1.82) is 0 Å². The minimum atomic E-state index is -0.0995. The number of hydrogen-bond donors (Lipinski definition) is 1. The number of nitrogens with zero attached hydrogens (tertiary/aromatic N) is 1. The van der Waals surface area contributed by atoms with Crippen LogP contribution in [0.3, 0.4) is 0 Å². The highest BCUT2D eigenvalue weighted by Crippen LogP contribution is 2.31. The normalized spacial score (nSPS) is 13.1. The van der Waals surface area contributed by atoms with Crippen LogP contribution in [0.5, 0.6) is 0 Å². The van der Waals surface area contributed by atoms with Crippen LogP contribution in [0.1, 0.15) is 22.2 Å². The zero-order valence-electron chi connectivity index (χ0n) is 13.2. The van der Waals surface area contributed by atoms with E-state index in [2.05, 4.69) is 5.32 Å².